The molecule has 1 aromatic carbocycles. The van der Waals surface area contributed by atoms with E-state index < -0.39 is 43.8 Å². The van der Waals surface area contributed by atoms with E-state index in [1.807, 2.05) is 0 Å². The molecule has 4 nitrogen and oxygen atoms in total. The molecule has 1 aromatic rings. The number of anilines is 1. The van der Waals surface area contributed by atoms with E-state index in [1.54, 1.807) is 0 Å². The molecule has 0 spiro atoms. The Bertz CT molecular complexity index is 626. The van der Waals surface area contributed by atoms with Gasteiger partial charge in [0.05, 0.1) is 0 Å². The zero-order valence-electron chi connectivity index (χ0n) is 11.4. The van der Waals surface area contributed by atoms with Gasteiger partial charge in [0.15, 0.2) is 0 Å². The molecule has 2 amide bonds. The van der Waals surface area contributed by atoms with Gasteiger partial charge in [-0.25, -0.2) is 0 Å². The first kappa shape index (κ1) is 17.1. The lowest BCUT2D eigenvalue weighted by Gasteiger charge is -2.24. The molecule has 0 aromatic heterocycles. The molecule has 0 atom stereocenters. The van der Waals surface area contributed by atoms with Gasteiger partial charge in [-0.3, -0.25) is 9.59 Å². The maximum Gasteiger partial charge on any atom is 0.471 e. The molecule has 0 radical (unpaired) electrons. The number of rotatable bonds is 0. The fraction of sp³-hybridized carbons (Fsp3) is 0.385. The van der Waals surface area contributed by atoms with Gasteiger partial charge in [-0.15, -0.1) is 0 Å². The smallest absolute Gasteiger partial charge is 0.329 e. The Morgan fingerprint density at radius 2 is 1.43 bits per heavy atom. The molecular weight excluding hydrogens is 330 g/mol. The van der Waals surface area contributed by atoms with Crippen molar-refractivity contribution in [3.05, 3.63) is 29.8 Å². The zero-order valence-corrected chi connectivity index (χ0v) is 11.4. The summed E-state index contributed by atoms with van der Waals surface area (Å²) in [5, 5.41) is 0. The Labute approximate surface area is 126 Å². The number of fused-ring (bicyclic) bond motifs is 1. The minimum Gasteiger partial charge on any atom is -0.329 e. The van der Waals surface area contributed by atoms with Crippen molar-refractivity contribution in [2.24, 2.45) is 0 Å². The normalized spacial score (nSPS) is 15.9. The van der Waals surface area contributed by atoms with Crippen LogP contribution in [0.2, 0.25) is 0 Å². The van der Waals surface area contributed by atoms with Crippen LogP contribution >= 0.6 is 0 Å². The number of para-hydroxylation sites is 1. The van der Waals surface area contributed by atoms with Crippen molar-refractivity contribution in [2.75, 3.05) is 18.0 Å². The molecule has 1 aliphatic rings. The van der Waals surface area contributed by atoms with Gasteiger partial charge in [-0.05, 0) is 11.6 Å². The molecule has 0 fully saturated rings. The first-order valence-electron chi connectivity index (χ1n) is 6.34. The van der Waals surface area contributed by atoms with Gasteiger partial charge in [0, 0.05) is 25.3 Å². The monoisotopic (exact) mass is 340 g/mol. The van der Waals surface area contributed by atoms with E-state index in [2.05, 4.69) is 0 Å². The minimum atomic E-state index is -5.17. The molecule has 1 aliphatic heterocycles. The second-order valence-corrected chi connectivity index (χ2v) is 4.81. The summed E-state index contributed by atoms with van der Waals surface area (Å²) in [6.07, 6.45) is -10.3. The van der Waals surface area contributed by atoms with Crippen LogP contribution in [0, 0.1) is 0 Å². The predicted molar refractivity (Wildman–Crippen MR) is 66.3 cm³/mol. The summed E-state index contributed by atoms with van der Waals surface area (Å²) in [6.45, 7) is -1.87. The number of benzene rings is 1. The Morgan fingerprint density at radius 1 is 0.870 bits per heavy atom. The van der Waals surface area contributed by atoms with E-state index in [1.165, 1.54) is 24.3 Å². The Morgan fingerprint density at radius 3 is 2.00 bits per heavy atom. The van der Waals surface area contributed by atoms with Crippen LogP contribution in [0.3, 0.4) is 0 Å². The molecule has 0 bridgehead atoms. The summed E-state index contributed by atoms with van der Waals surface area (Å²) in [4.78, 5) is 23.5. The van der Waals surface area contributed by atoms with Crippen molar-refractivity contribution in [1.29, 1.82) is 0 Å². The summed E-state index contributed by atoms with van der Waals surface area (Å²) in [7, 11) is 0. The lowest BCUT2D eigenvalue weighted by molar-refractivity contribution is -0.186. The van der Waals surface area contributed by atoms with Crippen molar-refractivity contribution < 1.29 is 35.9 Å². The predicted octanol–water partition coefficient (Wildman–Crippen LogP) is 2.49. The molecular formula is C13H10F6N2O2. The largest absolute Gasteiger partial charge is 0.471 e. The topological polar surface area (TPSA) is 40.6 Å². The van der Waals surface area contributed by atoms with Crippen LogP contribution in [-0.2, 0) is 16.1 Å². The molecule has 0 unspecified atom stereocenters. The third kappa shape index (κ3) is 3.57. The number of alkyl halides is 6. The third-order valence-electron chi connectivity index (χ3n) is 3.25. The van der Waals surface area contributed by atoms with Crippen LogP contribution < -0.4 is 4.90 Å². The van der Waals surface area contributed by atoms with Crippen molar-refractivity contribution >= 4 is 17.5 Å². The number of carbonyl (C=O) groups is 2. The second kappa shape index (κ2) is 5.74. The summed E-state index contributed by atoms with van der Waals surface area (Å²) in [6, 6.07) is 5.22. The highest BCUT2D eigenvalue weighted by atomic mass is 19.4. The van der Waals surface area contributed by atoms with E-state index in [-0.39, 0.29) is 11.3 Å². The number of nitrogens with zero attached hydrogens (tertiary/aromatic N) is 2. The molecule has 2 rings (SSSR count). The molecule has 0 saturated carbocycles. The Hall–Kier alpha value is -2.26. The Balaban J connectivity index is 2.39. The van der Waals surface area contributed by atoms with E-state index in [4.69, 9.17) is 0 Å². The van der Waals surface area contributed by atoms with Crippen LogP contribution in [0.1, 0.15) is 5.56 Å². The first-order chi connectivity index (χ1) is 10.5. The highest BCUT2D eigenvalue weighted by Gasteiger charge is 2.46. The maximum atomic E-state index is 12.7. The third-order valence-corrected chi connectivity index (χ3v) is 3.25. The average molecular weight is 340 g/mol. The fourth-order valence-electron chi connectivity index (χ4n) is 2.25. The highest BCUT2D eigenvalue weighted by molar-refractivity contribution is 5.98. The summed E-state index contributed by atoms with van der Waals surface area (Å²) >= 11 is 0. The van der Waals surface area contributed by atoms with Crippen LogP contribution in [0.4, 0.5) is 32.0 Å². The lowest BCUT2D eigenvalue weighted by atomic mass is 10.1. The molecule has 0 saturated heterocycles. The molecule has 0 N–H and O–H groups in total. The van der Waals surface area contributed by atoms with Gasteiger partial charge in [0.25, 0.3) is 0 Å². The summed E-state index contributed by atoms with van der Waals surface area (Å²) in [5.74, 6) is -4.35. The highest BCUT2D eigenvalue weighted by Crippen LogP contribution is 2.30. The quantitative estimate of drug-likeness (QED) is 0.681. The first-order valence-corrected chi connectivity index (χ1v) is 6.34. The van der Waals surface area contributed by atoms with Gasteiger partial charge in [0.1, 0.15) is 0 Å². The molecule has 126 valence electrons. The summed E-state index contributed by atoms with van der Waals surface area (Å²) < 4.78 is 75.6. The second-order valence-electron chi connectivity index (χ2n) is 4.81. The molecule has 23 heavy (non-hydrogen) atoms. The number of hydrogen-bond acceptors (Lipinski definition) is 2. The number of halogens is 6. The van der Waals surface area contributed by atoms with Crippen molar-refractivity contribution in [2.45, 2.75) is 18.9 Å². The van der Waals surface area contributed by atoms with Gasteiger partial charge in [0.2, 0.25) is 0 Å². The Kier molecular flexibility index (Phi) is 4.27. The average Bonchev–Trinajstić information content (AvgIpc) is 2.63. The molecule has 0 aliphatic carbocycles. The van der Waals surface area contributed by atoms with Crippen LogP contribution in [-0.4, -0.2) is 42.2 Å². The van der Waals surface area contributed by atoms with Crippen LogP contribution in [0.5, 0.6) is 0 Å². The van der Waals surface area contributed by atoms with Crippen LogP contribution in [0.15, 0.2) is 24.3 Å². The standard InChI is InChI=1S/C13H10F6N2O2/c14-12(15,16)10(22)20-5-6-21(11(23)13(17,18)19)9-4-2-1-3-8(9)7-20/h1-4H,5-7H2. The van der Waals surface area contributed by atoms with Gasteiger partial charge >= 0.3 is 24.2 Å². The minimum absolute atomic E-state index is 0.0280. The maximum absolute atomic E-state index is 12.7. The van der Waals surface area contributed by atoms with E-state index in [0.717, 1.165) is 0 Å². The fourth-order valence-corrected chi connectivity index (χ4v) is 2.25. The lowest BCUT2D eigenvalue weighted by Crippen LogP contribution is -2.46. The molecule has 1 heterocycles. The number of amides is 2. The van der Waals surface area contributed by atoms with Gasteiger partial charge in [-0.1, -0.05) is 18.2 Å². The number of carbonyl (C=O) groups excluding carboxylic acids is 2. The zero-order chi connectivity index (χ0) is 17.4. The van der Waals surface area contributed by atoms with E-state index >= 15 is 0 Å². The van der Waals surface area contributed by atoms with Crippen molar-refractivity contribution in [3.8, 4) is 0 Å². The van der Waals surface area contributed by atoms with E-state index in [9.17, 15) is 35.9 Å². The van der Waals surface area contributed by atoms with Gasteiger partial charge < -0.3 is 9.80 Å². The summed E-state index contributed by atoms with van der Waals surface area (Å²) in [5.41, 5.74) is -0.132. The van der Waals surface area contributed by atoms with Crippen molar-refractivity contribution in [3.63, 3.8) is 0 Å². The van der Waals surface area contributed by atoms with Crippen molar-refractivity contribution in [1.82, 2.24) is 4.90 Å². The molecule has 10 heteroatoms. The SMILES string of the molecule is O=C(N1CCN(C(=O)C(F)(F)F)c2ccccc2C1)C(F)(F)F. The van der Waals surface area contributed by atoms with E-state index in [0.29, 0.717) is 9.80 Å². The van der Waals surface area contributed by atoms with Gasteiger partial charge in [-0.2, -0.15) is 26.3 Å². The number of hydrogen-bond donors (Lipinski definition) is 0. The van der Waals surface area contributed by atoms with Crippen LogP contribution in [0.25, 0.3) is 0 Å².